The number of carboxylic acid groups (broad SMARTS) is 1. The molecule has 2 aromatic rings. The van der Waals surface area contributed by atoms with E-state index in [-0.39, 0.29) is 24.1 Å². The molecule has 0 fully saturated rings. The molecule has 0 spiro atoms. The number of hydrogen-bond acceptors (Lipinski definition) is 3. The standard InChI is InChI=1S/C21H19ClFNO3/c22-19-7-5-17-16(18(19)11-15(25)12-21(26)27)6-8-20(17)24-10-9-13-1-3-14(23)4-2-13/h1-8,20,24H,9-12H2,(H,26,27). The molecule has 2 N–H and O–H groups in total. The van der Waals surface area contributed by atoms with Gasteiger partial charge in [-0.2, -0.15) is 0 Å². The minimum absolute atomic E-state index is 0.000939. The van der Waals surface area contributed by atoms with Gasteiger partial charge in [-0.05, 0) is 46.9 Å². The van der Waals surface area contributed by atoms with Crippen molar-refractivity contribution in [1.82, 2.24) is 5.32 Å². The van der Waals surface area contributed by atoms with Crippen molar-refractivity contribution < 1.29 is 19.1 Å². The molecule has 1 aliphatic carbocycles. The first kappa shape index (κ1) is 19.3. The predicted octanol–water partition coefficient (Wildman–Crippen LogP) is 3.97. The van der Waals surface area contributed by atoms with E-state index in [9.17, 15) is 14.0 Å². The Kier molecular flexibility index (Phi) is 6.04. The molecule has 140 valence electrons. The Morgan fingerprint density at radius 2 is 1.89 bits per heavy atom. The van der Waals surface area contributed by atoms with E-state index in [1.807, 2.05) is 18.2 Å². The van der Waals surface area contributed by atoms with Crippen molar-refractivity contribution in [1.29, 1.82) is 0 Å². The minimum Gasteiger partial charge on any atom is -0.481 e. The van der Waals surface area contributed by atoms with E-state index < -0.39 is 12.4 Å². The molecule has 0 saturated heterocycles. The van der Waals surface area contributed by atoms with E-state index in [4.69, 9.17) is 16.7 Å². The predicted molar refractivity (Wildman–Crippen MR) is 102 cm³/mol. The SMILES string of the molecule is O=C(O)CC(=O)Cc1c(Cl)ccc2c1C=CC2NCCc1ccc(F)cc1. The number of carboxylic acids is 1. The third-order valence-corrected chi connectivity index (χ3v) is 4.89. The van der Waals surface area contributed by atoms with Crippen LogP contribution in [0.4, 0.5) is 4.39 Å². The van der Waals surface area contributed by atoms with E-state index >= 15 is 0 Å². The monoisotopic (exact) mass is 387 g/mol. The zero-order valence-corrected chi connectivity index (χ0v) is 15.3. The Morgan fingerprint density at radius 3 is 2.59 bits per heavy atom. The largest absolute Gasteiger partial charge is 0.481 e. The van der Waals surface area contributed by atoms with Crippen molar-refractivity contribution in [2.75, 3.05) is 6.54 Å². The fourth-order valence-electron chi connectivity index (χ4n) is 3.23. The molecule has 1 aliphatic rings. The van der Waals surface area contributed by atoms with Gasteiger partial charge >= 0.3 is 5.97 Å². The second-order valence-electron chi connectivity index (χ2n) is 6.48. The maximum Gasteiger partial charge on any atom is 0.310 e. The zero-order chi connectivity index (χ0) is 19.4. The van der Waals surface area contributed by atoms with Gasteiger partial charge in [0, 0.05) is 18.0 Å². The Bertz CT molecular complexity index is 893. The Labute approximate surface area is 161 Å². The lowest BCUT2D eigenvalue weighted by molar-refractivity contribution is -0.140. The molecule has 0 heterocycles. The zero-order valence-electron chi connectivity index (χ0n) is 14.5. The number of benzene rings is 2. The molecule has 1 atom stereocenters. The number of Topliss-reactive ketones (excluding diaryl/α,β-unsaturated/α-hetero) is 1. The van der Waals surface area contributed by atoms with Gasteiger partial charge < -0.3 is 10.4 Å². The molecule has 27 heavy (non-hydrogen) atoms. The van der Waals surface area contributed by atoms with Crippen molar-refractivity contribution in [3.8, 4) is 0 Å². The molecule has 0 bridgehead atoms. The third kappa shape index (κ3) is 4.81. The van der Waals surface area contributed by atoms with Gasteiger partial charge in [0.25, 0.3) is 0 Å². The second kappa shape index (κ2) is 8.46. The summed E-state index contributed by atoms with van der Waals surface area (Å²) in [6.45, 7) is 0.704. The summed E-state index contributed by atoms with van der Waals surface area (Å²) in [5.41, 5.74) is 3.60. The molecule has 4 nitrogen and oxygen atoms in total. The van der Waals surface area contributed by atoms with E-state index in [1.165, 1.54) is 12.1 Å². The molecular weight excluding hydrogens is 369 g/mol. The number of carbonyl (C=O) groups is 2. The summed E-state index contributed by atoms with van der Waals surface area (Å²) in [4.78, 5) is 22.6. The number of nitrogens with one attached hydrogen (secondary N) is 1. The highest BCUT2D eigenvalue weighted by Crippen LogP contribution is 2.35. The highest BCUT2D eigenvalue weighted by atomic mass is 35.5. The van der Waals surface area contributed by atoms with Crippen LogP contribution in [0.25, 0.3) is 6.08 Å². The second-order valence-corrected chi connectivity index (χ2v) is 6.89. The summed E-state index contributed by atoms with van der Waals surface area (Å²) in [5.74, 6) is -1.76. The lowest BCUT2D eigenvalue weighted by Gasteiger charge is -2.16. The average Bonchev–Trinajstić information content (AvgIpc) is 3.02. The Morgan fingerprint density at radius 1 is 1.15 bits per heavy atom. The Balaban J connectivity index is 1.67. The molecule has 0 aromatic heterocycles. The molecule has 0 saturated carbocycles. The van der Waals surface area contributed by atoms with Crippen LogP contribution in [-0.4, -0.2) is 23.4 Å². The summed E-state index contributed by atoms with van der Waals surface area (Å²) in [6, 6.07) is 10.1. The molecule has 0 radical (unpaired) electrons. The van der Waals surface area contributed by atoms with Crippen LogP contribution in [-0.2, 0) is 22.4 Å². The third-order valence-electron chi connectivity index (χ3n) is 4.54. The number of aliphatic carboxylic acids is 1. The number of halogens is 2. The highest BCUT2D eigenvalue weighted by Gasteiger charge is 2.22. The fourth-order valence-corrected chi connectivity index (χ4v) is 3.46. The maximum absolute atomic E-state index is 13.0. The molecule has 6 heteroatoms. The summed E-state index contributed by atoms with van der Waals surface area (Å²) in [7, 11) is 0. The number of rotatable bonds is 8. The first-order chi connectivity index (χ1) is 12.9. The van der Waals surface area contributed by atoms with Gasteiger partial charge in [-0.1, -0.05) is 42.0 Å². The van der Waals surface area contributed by atoms with Crippen LogP contribution in [0.15, 0.2) is 42.5 Å². The lowest BCUT2D eigenvalue weighted by Crippen LogP contribution is -2.21. The quantitative estimate of drug-likeness (QED) is 0.673. The molecule has 0 amide bonds. The van der Waals surface area contributed by atoms with Crippen LogP contribution in [0.3, 0.4) is 0 Å². The average molecular weight is 388 g/mol. The van der Waals surface area contributed by atoms with Gasteiger partial charge in [0.15, 0.2) is 0 Å². The van der Waals surface area contributed by atoms with Crippen LogP contribution < -0.4 is 5.32 Å². The van der Waals surface area contributed by atoms with Gasteiger partial charge in [0.2, 0.25) is 0 Å². The van der Waals surface area contributed by atoms with Gasteiger partial charge in [-0.25, -0.2) is 4.39 Å². The topological polar surface area (TPSA) is 66.4 Å². The minimum atomic E-state index is -1.14. The van der Waals surface area contributed by atoms with Crippen LogP contribution >= 0.6 is 11.6 Å². The van der Waals surface area contributed by atoms with E-state index in [0.29, 0.717) is 17.1 Å². The summed E-state index contributed by atoms with van der Waals surface area (Å²) >= 11 is 6.25. The van der Waals surface area contributed by atoms with Crippen molar-refractivity contribution >= 4 is 29.4 Å². The maximum atomic E-state index is 13.0. The van der Waals surface area contributed by atoms with E-state index in [1.54, 1.807) is 18.2 Å². The van der Waals surface area contributed by atoms with Gasteiger partial charge in [0.1, 0.15) is 18.0 Å². The Hall–Kier alpha value is -2.50. The normalized spacial score (nSPS) is 15.0. The molecule has 1 unspecified atom stereocenters. The molecule has 3 rings (SSSR count). The number of ketones is 1. The molecule has 2 aromatic carbocycles. The fraction of sp³-hybridized carbons (Fsp3) is 0.238. The first-order valence-corrected chi connectivity index (χ1v) is 9.02. The van der Waals surface area contributed by atoms with Gasteiger partial charge in [-0.3, -0.25) is 9.59 Å². The van der Waals surface area contributed by atoms with Crippen molar-refractivity contribution in [3.05, 3.63) is 75.6 Å². The molecular formula is C21H19ClFNO3. The van der Waals surface area contributed by atoms with Crippen LogP contribution in [0.1, 0.15) is 34.7 Å². The highest BCUT2D eigenvalue weighted by molar-refractivity contribution is 6.31. The first-order valence-electron chi connectivity index (χ1n) is 8.65. The summed E-state index contributed by atoms with van der Waals surface area (Å²) in [6.07, 6.45) is 4.17. The number of fused-ring (bicyclic) bond motifs is 1. The summed E-state index contributed by atoms with van der Waals surface area (Å²) < 4.78 is 13.0. The smallest absolute Gasteiger partial charge is 0.310 e. The molecule has 0 aliphatic heterocycles. The summed E-state index contributed by atoms with van der Waals surface area (Å²) in [5, 5.41) is 12.7. The van der Waals surface area contributed by atoms with Gasteiger partial charge in [0.05, 0.1) is 6.04 Å². The van der Waals surface area contributed by atoms with Crippen LogP contribution in [0.2, 0.25) is 5.02 Å². The van der Waals surface area contributed by atoms with Crippen LogP contribution in [0, 0.1) is 5.82 Å². The van der Waals surface area contributed by atoms with Crippen molar-refractivity contribution in [2.45, 2.75) is 25.3 Å². The number of carbonyl (C=O) groups excluding carboxylic acids is 1. The van der Waals surface area contributed by atoms with Gasteiger partial charge in [-0.15, -0.1) is 0 Å². The lowest BCUT2D eigenvalue weighted by atomic mass is 9.97. The van der Waals surface area contributed by atoms with Crippen molar-refractivity contribution in [2.24, 2.45) is 0 Å². The van der Waals surface area contributed by atoms with Crippen molar-refractivity contribution in [3.63, 3.8) is 0 Å². The number of hydrogen-bond donors (Lipinski definition) is 2. The van der Waals surface area contributed by atoms with E-state index in [0.717, 1.165) is 23.1 Å². The van der Waals surface area contributed by atoms with Crippen LogP contribution in [0.5, 0.6) is 0 Å². The van der Waals surface area contributed by atoms with E-state index in [2.05, 4.69) is 5.32 Å².